The van der Waals surface area contributed by atoms with Gasteiger partial charge in [-0.25, -0.2) is 15.0 Å². The van der Waals surface area contributed by atoms with Gasteiger partial charge in [-0.1, -0.05) is 400 Å². The standard InChI is InChI=1S/2C45H29N5.C39H25N5/c1-4-15-30(16-5-1)33-21-14-22-34(27-33)49-39-25-12-10-23-35(39)37-29-42-38(28-41(37)49)36-24-11-13-26-40(36)50(42)45-47-43(31-17-6-2-7-18-31)46-44(48-45)32-19-8-3-9-20-32;1-4-14-30(15-5-1)31-24-26-33(27-25-31)44-46-43(32-16-6-2-7-17-32)47-45(48-44)50-39-23-13-11-21-37(39)41-40(50)29-28-36-35-20-10-12-22-38(35)49(42(36)41)34-18-8-3-9-19-34;1-4-14-26(15-5-1)37-40-38(27-16-6-2-7-17-27)42-39(41-37)44-34-23-13-11-21-30(34)32-24-35-31(25-36(32)44)29-20-10-12-22-33(29)43(35)28-18-8-3-9-19-28/h2*1-29H;1-25H. The molecule has 0 saturated heterocycles. The lowest BCUT2D eigenvalue weighted by atomic mass is 10.0. The van der Waals surface area contributed by atoms with E-state index in [1.807, 2.05) is 146 Å². The zero-order valence-electron chi connectivity index (χ0n) is 77.6. The van der Waals surface area contributed by atoms with E-state index in [1.54, 1.807) is 0 Å². The number of benzene rings is 20. The van der Waals surface area contributed by atoms with E-state index in [-0.39, 0.29) is 0 Å². The summed E-state index contributed by atoms with van der Waals surface area (Å²) >= 11 is 0. The van der Waals surface area contributed by atoms with Crippen LogP contribution in [-0.2, 0) is 0 Å². The van der Waals surface area contributed by atoms with Crippen molar-refractivity contribution < 1.29 is 0 Å². The summed E-state index contributed by atoms with van der Waals surface area (Å²) in [5, 5.41) is 14.1. The maximum atomic E-state index is 5.21. The normalized spacial score (nSPS) is 11.6. The molecule has 29 aromatic rings. The Morgan fingerprint density at radius 1 is 0.118 bits per heavy atom. The maximum absolute atomic E-state index is 5.21. The van der Waals surface area contributed by atoms with Crippen molar-refractivity contribution in [2.45, 2.75) is 0 Å². The summed E-state index contributed by atoms with van der Waals surface area (Å²) < 4.78 is 13.7. The molecular weight excluding hydrogens is 1760 g/mol. The van der Waals surface area contributed by atoms with Crippen molar-refractivity contribution in [1.29, 1.82) is 0 Å². The third kappa shape index (κ3) is 14.6. The van der Waals surface area contributed by atoms with Crippen molar-refractivity contribution in [3.05, 3.63) is 504 Å². The molecule has 0 spiro atoms. The van der Waals surface area contributed by atoms with Crippen molar-refractivity contribution in [3.63, 3.8) is 0 Å². The van der Waals surface area contributed by atoms with E-state index in [1.165, 1.54) is 71.1 Å². The molecule has 0 saturated carbocycles. The van der Waals surface area contributed by atoms with Crippen molar-refractivity contribution in [3.8, 4) is 125 Å². The molecule has 0 aliphatic rings. The second kappa shape index (κ2) is 35.3. The van der Waals surface area contributed by atoms with E-state index in [2.05, 4.69) is 385 Å². The third-order valence-corrected chi connectivity index (χ3v) is 27.5. The number of hydrogen-bond acceptors (Lipinski definition) is 9. The smallest absolute Gasteiger partial charge is 0.238 e. The minimum absolute atomic E-state index is 0.578. The second-order valence-corrected chi connectivity index (χ2v) is 36.0. The Labute approximate surface area is 826 Å². The molecule has 0 N–H and O–H groups in total. The highest BCUT2D eigenvalue weighted by Crippen LogP contribution is 2.47. The lowest BCUT2D eigenvalue weighted by Gasteiger charge is -2.11. The lowest BCUT2D eigenvalue weighted by molar-refractivity contribution is 0.953. The molecule has 0 bridgehead atoms. The van der Waals surface area contributed by atoms with Crippen molar-refractivity contribution >= 4 is 131 Å². The topological polar surface area (TPSA) is 146 Å². The van der Waals surface area contributed by atoms with Gasteiger partial charge < -0.3 is 13.7 Å². The lowest BCUT2D eigenvalue weighted by Crippen LogP contribution is -2.06. The Morgan fingerprint density at radius 2 is 0.347 bits per heavy atom. The van der Waals surface area contributed by atoms with Crippen LogP contribution in [0.2, 0.25) is 0 Å². The molecule has 29 rings (SSSR count). The second-order valence-electron chi connectivity index (χ2n) is 36.0. The Bertz CT molecular complexity index is 9870. The molecule has 15 heteroatoms. The molecule has 0 atom stereocenters. The summed E-state index contributed by atoms with van der Waals surface area (Å²) in [6.45, 7) is 0. The van der Waals surface area contributed by atoms with E-state index in [9.17, 15) is 0 Å². The number of nitrogens with zero attached hydrogens (tertiary/aromatic N) is 15. The van der Waals surface area contributed by atoms with Crippen LogP contribution >= 0.6 is 0 Å². The molecule has 0 aliphatic carbocycles. The van der Waals surface area contributed by atoms with Gasteiger partial charge >= 0.3 is 0 Å². The number of rotatable bonds is 14. The first-order valence-corrected chi connectivity index (χ1v) is 48.3. The molecule has 0 unspecified atom stereocenters. The Kier molecular flexibility index (Phi) is 20.5. The van der Waals surface area contributed by atoms with E-state index < -0.39 is 0 Å². The molecule has 144 heavy (non-hydrogen) atoms. The Hall–Kier alpha value is -19.8. The average Bonchev–Trinajstić information content (AvgIpc) is 1.60. The Balaban J connectivity index is 0.000000108. The minimum atomic E-state index is 0.578. The van der Waals surface area contributed by atoms with Gasteiger partial charge in [0.15, 0.2) is 34.9 Å². The summed E-state index contributed by atoms with van der Waals surface area (Å²) in [6, 6.07) is 176. The SMILES string of the molecule is c1ccc(-c2ccc(-c3nc(-c4ccccc4)nc(-n4c5ccccc5c5c4ccc4c6ccccc6n(-c6ccccc6)c45)n3)cc2)cc1.c1ccc(-c2cccc(-n3c4ccccc4c4cc5c(cc43)c3ccccc3n5-c3nc(-c4ccccc4)nc(-c4ccccc4)n3)c2)cc1.c1ccc(-c2nc(-c3ccccc3)nc(-n3c4ccccc4c4cc5c(cc43)c3ccccc3n5-c3ccccc3)n2)cc1. The largest absolute Gasteiger partial charge is 0.309 e. The van der Waals surface area contributed by atoms with E-state index in [0.717, 1.165) is 132 Å². The average molecular weight is 1840 g/mol. The zero-order chi connectivity index (χ0) is 95.1. The summed E-state index contributed by atoms with van der Waals surface area (Å²) in [5.41, 5.74) is 27.0. The monoisotopic (exact) mass is 1840 g/mol. The number of para-hydroxylation sites is 8. The van der Waals surface area contributed by atoms with Gasteiger partial charge in [-0.2, -0.15) is 29.9 Å². The molecule has 20 aromatic carbocycles. The van der Waals surface area contributed by atoms with Crippen LogP contribution in [0, 0.1) is 0 Å². The first-order chi connectivity index (χ1) is 71.4. The van der Waals surface area contributed by atoms with Crippen LogP contribution in [0.5, 0.6) is 0 Å². The van der Waals surface area contributed by atoms with E-state index in [4.69, 9.17) is 44.9 Å². The summed E-state index contributed by atoms with van der Waals surface area (Å²) in [7, 11) is 0. The van der Waals surface area contributed by atoms with Crippen molar-refractivity contribution in [2.75, 3.05) is 0 Å². The van der Waals surface area contributed by atoms with Crippen LogP contribution in [0.15, 0.2) is 504 Å². The molecule has 674 valence electrons. The third-order valence-electron chi connectivity index (χ3n) is 27.5. The number of aromatic nitrogens is 15. The van der Waals surface area contributed by atoms with Crippen LogP contribution in [0.3, 0.4) is 0 Å². The minimum Gasteiger partial charge on any atom is -0.309 e. The number of hydrogen-bond donors (Lipinski definition) is 0. The summed E-state index contributed by atoms with van der Waals surface area (Å²) in [4.78, 5) is 45.8. The Morgan fingerprint density at radius 3 is 0.708 bits per heavy atom. The van der Waals surface area contributed by atoms with Gasteiger partial charge in [0, 0.05) is 115 Å². The molecule has 0 aliphatic heterocycles. The van der Waals surface area contributed by atoms with Gasteiger partial charge in [0.25, 0.3) is 0 Å². The highest BCUT2D eigenvalue weighted by molar-refractivity contribution is 6.27. The molecule has 0 fully saturated rings. The van der Waals surface area contributed by atoms with Crippen molar-refractivity contribution in [1.82, 2.24) is 72.3 Å². The predicted octanol–water partition coefficient (Wildman–Crippen LogP) is 31.5. The fraction of sp³-hybridized carbons (Fsp3) is 0. The van der Waals surface area contributed by atoms with Gasteiger partial charge in [0.1, 0.15) is 0 Å². The predicted molar refractivity (Wildman–Crippen MR) is 589 cm³/mol. The molecular formula is C129H83N15. The van der Waals surface area contributed by atoms with Gasteiger partial charge in [0.2, 0.25) is 17.8 Å². The summed E-state index contributed by atoms with van der Waals surface area (Å²) in [6.07, 6.45) is 0. The first kappa shape index (κ1) is 83.6. The molecule has 0 radical (unpaired) electrons. The van der Waals surface area contributed by atoms with Gasteiger partial charge in [-0.05, 0) is 125 Å². The van der Waals surface area contributed by atoms with Crippen LogP contribution in [-0.4, -0.2) is 72.3 Å². The van der Waals surface area contributed by atoms with Gasteiger partial charge in [-0.15, -0.1) is 0 Å². The molecule has 9 heterocycles. The summed E-state index contributed by atoms with van der Waals surface area (Å²) in [5.74, 6) is 5.56. The van der Waals surface area contributed by atoms with Gasteiger partial charge in [-0.3, -0.25) is 13.7 Å². The van der Waals surface area contributed by atoms with Crippen LogP contribution in [0.4, 0.5) is 0 Å². The number of fused-ring (bicyclic) bond motifs is 19. The highest BCUT2D eigenvalue weighted by atomic mass is 15.2. The highest BCUT2D eigenvalue weighted by Gasteiger charge is 2.28. The van der Waals surface area contributed by atoms with Crippen molar-refractivity contribution in [2.24, 2.45) is 0 Å². The molecule has 9 aromatic heterocycles. The van der Waals surface area contributed by atoms with Crippen LogP contribution in [0.1, 0.15) is 0 Å². The fourth-order valence-electron chi connectivity index (χ4n) is 21.0. The first-order valence-electron chi connectivity index (χ1n) is 48.3. The zero-order valence-corrected chi connectivity index (χ0v) is 77.6. The quantitative estimate of drug-likeness (QED) is 0.104. The maximum Gasteiger partial charge on any atom is 0.238 e. The fourth-order valence-corrected chi connectivity index (χ4v) is 21.0. The van der Waals surface area contributed by atoms with E-state index >= 15 is 0 Å². The van der Waals surface area contributed by atoms with Gasteiger partial charge in [0.05, 0.1) is 66.2 Å². The van der Waals surface area contributed by atoms with Crippen LogP contribution < -0.4 is 0 Å². The van der Waals surface area contributed by atoms with E-state index in [0.29, 0.717) is 52.8 Å². The van der Waals surface area contributed by atoms with Crippen LogP contribution in [0.25, 0.3) is 256 Å². The molecule has 15 nitrogen and oxygen atoms in total. The molecule has 0 amide bonds.